The van der Waals surface area contributed by atoms with E-state index in [1.54, 1.807) is 75.5 Å². The highest BCUT2D eigenvalue weighted by molar-refractivity contribution is 7.98. The van der Waals surface area contributed by atoms with Gasteiger partial charge in [0.05, 0.1) is 38.1 Å². The van der Waals surface area contributed by atoms with Crippen LogP contribution in [0.25, 0.3) is 0 Å². The van der Waals surface area contributed by atoms with Gasteiger partial charge in [-0.2, -0.15) is 11.8 Å². The number of thioether (sulfide) groups is 1. The Kier molecular flexibility index (Phi) is 55.4. The Labute approximate surface area is 722 Å². The van der Waals surface area contributed by atoms with E-state index >= 15 is 0 Å². The third-order valence-electron chi connectivity index (χ3n) is 18.9. The van der Waals surface area contributed by atoms with E-state index in [1.165, 1.54) is 18.7 Å². The summed E-state index contributed by atoms with van der Waals surface area (Å²) < 4.78 is 0. The number of carbonyl (C=O) groups is 18. The van der Waals surface area contributed by atoms with E-state index in [0.29, 0.717) is 19.3 Å². The van der Waals surface area contributed by atoms with Crippen molar-refractivity contribution in [3.05, 3.63) is 0 Å². The van der Waals surface area contributed by atoms with Gasteiger partial charge in [-0.15, -0.1) is 0 Å². The molecule has 0 aliphatic rings. The molecule has 123 heavy (non-hydrogen) atoms. The number of guanidine groups is 1. The van der Waals surface area contributed by atoms with E-state index in [4.69, 9.17) is 39.5 Å². The molecule has 0 fully saturated rings. The summed E-state index contributed by atoms with van der Waals surface area (Å²) in [6.45, 7) is 17.9. The molecule has 702 valence electrons. The van der Waals surface area contributed by atoms with Gasteiger partial charge in [-0.25, -0.2) is 4.79 Å². The van der Waals surface area contributed by atoms with Crippen LogP contribution in [0.4, 0.5) is 0 Å². The quantitative estimate of drug-likeness (QED) is 0.0153. The Balaban J connectivity index is 6.89. The second kappa shape index (κ2) is 60.4. The van der Waals surface area contributed by atoms with Crippen LogP contribution in [0.1, 0.15) is 192 Å². The first-order chi connectivity index (χ1) is 57.6. The second-order valence-electron chi connectivity index (χ2n) is 32.1. The molecule has 0 bridgehead atoms. The summed E-state index contributed by atoms with van der Waals surface area (Å²) in [5.74, 6) is -20.9. The van der Waals surface area contributed by atoms with Gasteiger partial charge < -0.3 is 140 Å². The number of nitrogens with two attached hydrogens (primary N) is 6. The largest absolute Gasteiger partial charge is 0.481 e. The summed E-state index contributed by atoms with van der Waals surface area (Å²) in [5, 5.41) is 86.5. The number of aliphatic carboxylic acids is 3. The Morgan fingerprint density at radius 1 is 0.358 bits per heavy atom. The van der Waals surface area contributed by atoms with Crippen molar-refractivity contribution in [2.75, 3.05) is 51.3 Å². The zero-order valence-corrected chi connectivity index (χ0v) is 73.8. The van der Waals surface area contributed by atoms with Crippen LogP contribution in [0.15, 0.2) is 4.99 Å². The van der Waals surface area contributed by atoms with Gasteiger partial charge in [0.15, 0.2) is 5.96 Å². The number of amides is 15. The number of carbonyl (C=O) groups excluding carboxylic acids is 15. The number of rotatable bonds is 64. The average Bonchev–Trinajstić information content (AvgIpc) is 0.849. The van der Waals surface area contributed by atoms with Crippen molar-refractivity contribution < 1.29 is 112 Å². The maximum atomic E-state index is 14.6. The number of aliphatic hydroxyl groups is 2. The zero-order chi connectivity index (χ0) is 94.1. The van der Waals surface area contributed by atoms with Crippen LogP contribution in [0.5, 0.6) is 0 Å². The summed E-state index contributed by atoms with van der Waals surface area (Å²) in [5.41, 5.74) is 34.1. The normalized spacial score (nSPS) is 15.2. The standard InChI is InChI=1S/C77H140N22O23S/c1-38(2)31-51(93-70(115)53(33-40(5)6)94-72(117)55(37-100)96-71(116)52(32-39(3)4)92-63(108)45(81)34-57(103)104)64(109)85-36-56(102)87-46(21-14-17-26-78)65(110)86-43(11)62(107)88-49(24-20-29-84-77(82)83)66(111)89-48(23-16-19-28-80)68(113)97-60(42(9)10)74(119)98-59(41(7)8)73(118)91-50(25-30-123-13)69(114)99-61(44(12)101)75(120)90-47(22-15-18-27-79)67(112)95-54(76(121)122)35-58(105)106/h38-55,59-61,100-101H,14-37,78-81H2,1-13H3,(H,85,109)(H,86,110)(H,87,102)(H,88,107)(H,89,111)(H,90,120)(H,91,118)(H,92,108)(H,93,115)(H,94,117)(H,95,112)(H,96,116)(H,97,113)(H,98,119)(H,99,114)(H,103,104)(H,105,106)(H,121,122)(H4,82,83,84)/t43-,44+,45-,46-,47-,48-,49-,50-,51-,52-,53-,54-,55-,59-,60-,61-/m0/s1. The molecule has 0 aromatic carbocycles. The average molecular weight is 1770 g/mol. The monoisotopic (exact) mass is 1770 g/mol. The predicted octanol–water partition coefficient (Wildman–Crippen LogP) is -6.71. The number of hydrogen-bond acceptors (Lipinski definition) is 26. The van der Waals surface area contributed by atoms with Crippen LogP contribution in [-0.2, 0) is 86.3 Å². The highest BCUT2D eigenvalue weighted by Crippen LogP contribution is 2.16. The van der Waals surface area contributed by atoms with E-state index in [9.17, 15) is 107 Å². The third kappa shape index (κ3) is 46.2. The summed E-state index contributed by atoms with van der Waals surface area (Å²) in [6.07, 6.45) is -0.251. The van der Waals surface area contributed by atoms with E-state index in [1.807, 2.05) is 0 Å². The fourth-order valence-electron chi connectivity index (χ4n) is 12.1. The van der Waals surface area contributed by atoms with Gasteiger partial charge in [0, 0.05) is 6.54 Å². The maximum Gasteiger partial charge on any atom is 0.326 e. The molecule has 0 aromatic rings. The fourth-order valence-corrected chi connectivity index (χ4v) is 12.6. The predicted molar refractivity (Wildman–Crippen MR) is 454 cm³/mol. The molecule has 0 aliphatic carbocycles. The van der Waals surface area contributed by atoms with Crippen molar-refractivity contribution >= 4 is 124 Å². The molecule has 0 unspecified atom stereocenters. The van der Waals surface area contributed by atoms with Crippen molar-refractivity contribution in [3.63, 3.8) is 0 Å². The second-order valence-corrected chi connectivity index (χ2v) is 33.1. The summed E-state index contributed by atoms with van der Waals surface area (Å²) in [6, 6.07) is -22.4. The van der Waals surface area contributed by atoms with Crippen LogP contribution in [0.2, 0.25) is 0 Å². The molecule has 0 rings (SSSR count). The topological polar surface area (TPSA) is 757 Å². The molecule has 0 heterocycles. The summed E-state index contributed by atoms with van der Waals surface area (Å²) in [4.78, 5) is 248. The van der Waals surface area contributed by atoms with E-state index in [0.717, 1.165) is 6.92 Å². The molecule has 0 aromatic heterocycles. The molecule has 0 saturated heterocycles. The number of carboxylic acid groups (broad SMARTS) is 3. The lowest BCUT2D eigenvalue weighted by Gasteiger charge is -2.30. The maximum absolute atomic E-state index is 14.6. The Bertz CT molecular complexity index is 3480. The van der Waals surface area contributed by atoms with Crippen molar-refractivity contribution in [1.29, 1.82) is 0 Å². The van der Waals surface area contributed by atoms with Gasteiger partial charge in [-0.05, 0) is 171 Å². The van der Waals surface area contributed by atoms with Gasteiger partial charge in [-0.1, -0.05) is 69.2 Å². The first-order valence-electron chi connectivity index (χ1n) is 41.5. The highest BCUT2D eigenvalue weighted by atomic mass is 32.2. The minimum Gasteiger partial charge on any atom is -0.481 e. The minimum atomic E-state index is -1.89. The Morgan fingerprint density at radius 3 is 1.08 bits per heavy atom. The summed E-state index contributed by atoms with van der Waals surface area (Å²) >= 11 is 1.28. The molecule has 32 N–H and O–H groups in total. The Hall–Kier alpha value is -10.2. The molecular weight excluding hydrogens is 1630 g/mol. The van der Waals surface area contributed by atoms with E-state index < -0.39 is 241 Å². The van der Waals surface area contributed by atoms with E-state index in [-0.39, 0.29) is 133 Å². The van der Waals surface area contributed by atoms with Crippen molar-refractivity contribution in [3.8, 4) is 0 Å². The number of aliphatic imine (C=N–C) groups is 1. The molecule has 0 saturated carbocycles. The van der Waals surface area contributed by atoms with Crippen molar-refractivity contribution in [1.82, 2.24) is 79.8 Å². The first kappa shape index (κ1) is 113. The first-order valence-corrected chi connectivity index (χ1v) is 42.9. The number of nitrogens with zero attached hydrogens (tertiary/aromatic N) is 1. The molecule has 0 radical (unpaired) electrons. The van der Waals surface area contributed by atoms with E-state index in [2.05, 4.69) is 84.7 Å². The number of unbranched alkanes of at least 4 members (excludes halogenated alkanes) is 3. The lowest BCUT2D eigenvalue weighted by atomic mass is 9.98. The van der Waals surface area contributed by atoms with Crippen LogP contribution < -0.4 is 114 Å². The lowest BCUT2D eigenvalue weighted by molar-refractivity contribution is -0.147. The smallest absolute Gasteiger partial charge is 0.326 e. The van der Waals surface area contributed by atoms with Crippen LogP contribution in [0, 0.1) is 29.6 Å². The van der Waals surface area contributed by atoms with Crippen molar-refractivity contribution in [2.45, 2.75) is 289 Å². The van der Waals surface area contributed by atoms with Crippen molar-refractivity contribution in [2.24, 2.45) is 69.0 Å². The molecule has 0 spiro atoms. The molecule has 46 heteroatoms. The summed E-state index contributed by atoms with van der Waals surface area (Å²) in [7, 11) is 0. The molecule has 0 aliphatic heterocycles. The van der Waals surface area contributed by atoms with Gasteiger partial charge in [0.25, 0.3) is 0 Å². The minimum absolute atomic E-state index is 0.00338. The molecule has 16 atom stereocenters. The number of aliphatic hydroxyl groups excluding tert-OH is 2. The number of hydrogen-bond donors (Lipinski definition) is 26. The third-order valence-corrected chi connectivity index (χ3v) is 19.5. The fraction of sp³-hybridized carbons (Fsp3) is 0.753. The lowest BCUT2D eigenvalue weighted by Crippen LogP contribution is -2.62. The van der Waals surface area contributed by atoms with Gasteiger partial charge >= 0.3 is 17.9 Å². The van der Waals surface area contributed by atoms with Gasteiger partial charge in [0.2, 0.25) is 88.6 Å². The van der Waals surface area contributed by atoms with Crippen LogP contribution in [-0.4, -0.2) is 286 Å². The van der Waals surface area contributed by atoms with Gasteiger partial charge in [-0.3, -0.25) is 86.5 Å². The SMILES string of the molecule is CSCC[C@H](NC(=O)[C@@H](NC(=O)[C@@H](NC(=O)[C@H](CCCCN)NC(=O)[C@H](CCCN=C(N)N)NC(=O)[C@H](C)NC(=O)[C@H](CCCCN)NC(=O)CNC(=O)[C@H](CC(C)C)NC(=O)[C@H](CC(C)C)NC(=O)[C@H](CO)NC(=O)[C@H](CC(C)C)NC(=O)[C@@H](N)CC(=O)O)C(C)C)C(C)C)C(=O)N[C@H](C(=O)N[C@@H](CCCCN)C(=O)N[C@@H](CC(=O)O)C(=O)O)[C@@H](C)O. The van der Waals surface area contributed by atoms with Crippen LogP contribution >= 0.6 is 11.8 Å². The molecular formula is C77H140N22O23S. The Morgan fingerprint density at radius 2 is 0.683 bits per heavy atom. The van der Waals surface area contributed by atoms with Gasteiger partial charge in [0.1, 0.15) is 84.6 Å². The highest BCUT2D eigenvalue weighted by Gasteiger charge is 2.40. The molecule has 15 amide bonds. The molecule has 45 nitrogen and oxygen atoms in total. The van der Waals surface area contributed by atoms with Crippen LogP contribution in [0.3, 0.4) is 0 Å². The number of nitrogens with one attached hydrogen (secondary N) is 15. The number of carboxylic acids is 3. The zero-order valence-electron chi connectivity index (χ0n) is 73.0.